The molecule has 3 nitrogen and oxygen atoms in total. The van der Waals surface area contributed by atoms with E-state index in [0.717, 1.165) is 31.7 Å². The summed E-state index contributed by atoms with van der Waals surface area (Å²) in [4.78, 5) is 2.35. The highest BCUT2D eigenvalue weighted by Gasteiger charge is 2.17. The second-order valence-electron chi connectivity index (χ2n) is 6.69. The summed E-state index contributed by atoms with van der Waals surface area (Å²) in [6, 6.07) is 23.0. The molecule has 1 N–H and O–H groups in total. The summed E-state index contributed by atoms with van der Waals surface area (Å²) in [5, 5.41) is 12.1. The van der Waals surface area contributed by atoms with Crippen molar-refractivity contribution in [2.75, 3.05) is 18.0 Å². The molecule has 0 saturated carbocycles. The zero-order valence-electron chi connectivity index (χ0n) is 14.3. The summed E-state index contributed by atoms with van der Waals surface area (Å²) in [6.07, 6.45) is 1.57. The largest absolute Gasteiger partial charge is 0.489 e. The van der Waals surface area contributed by atoms with Crippen LogP contribution in [0.15, 0.2) is 66.7 Å². The Morgan fingerprint density at radius 1 is 0.880 bits per heavy atom. The van der Waals surface area contributed by atoms with Crippen LogP contribution < -0.4 is 9.64 Å². The molecule has 3 aromatic rings. The van der Waals surface area contributed by atoms with Crippen molar-refractivity contribution in [3.05, 3.63) is 72.3 Å². The zero-order valence-corrected chi connectivity index (χ0v) is 14.3. The number of piperidine rings is 1. The molecule has 0 aromatic heterocycles. The molecule has 0 spiro atoms. The SMILES string of the molecule is OC1CCN(c2ccc3cc(OCc4ccccc4)ccc3c2)CC1. The summed E-state index contributed by atoms with van der Waals surface area (Å²) in [6.45, 7) is 2.43. The monoisotopic (exact) mass is 333 g/mol. The Labute approximate surface area is 148 Å². The summed E-state index contributed by atoms with van der Waals surface area (Å²) < 4.78 is 5.92. The predicted octanol–water partition coefficient (Wildman–Crippen LogP) is 4.38. The van der Waals surface area contributed by atoms with Gasteiger partial charge in [-0.25, -0.2) is 0 Å². The lowest BCUT2D eigenvalue weighted by atomic mass is 10.1. The maximum absolute atomic E-state index is 9.67. The first-order chi connectivity index (χ1) is 12.3. The number of nitrogens with zero attached hydrogens (tertiary/aromatic N) is 1. The number of benzene rings is 3. The maximum atomic E-state index is 9.67. The third-order valence-corrected chi connectivity index (χ3v) is 4.87. The number of hydrogen-bond acceptors (Lipinski definition) is 3. The normalized spacial score (nSPS) is 15.5. The van der Waals surface area contributed by atoms with Crippen LogP contribution in [0.5, 0.6) is 5.75 Å². The lowest BCUT2D eigenvalue weighted by Gasteiger charge is -2.31. The molecule has 3 heteroatoms. The molecule has 0 aliphatic carbocycles. The van der Waals surface area contributed by atoms with Crippen LogP contribution in [0.2, 0.25) is 0 Å². The molecular formula is C22H23NO2. The van der Waals surface area contributed by atoms with E-state index in [1.165, 1.54) is 22.0 Å². The zero-order chi connectivity index (χ0) is 17.1. The van der Waals surface area contributed by atoms with Crippen LogP contribution in [-0.2, 0) is 6.61 Å². The topological polar surface area (TPSA) is 32.7 Å². The van der Waals surface area contributed by atoms with Crippen molar-refractivity contribution < 1.29 is 9.84 Å². The Morgan fingerprint density at radius 3 is 2.40 bits per heavy atom. The van der Waals surface area contributed by atoms with Crippen LogP contribution in [0.25, 0.3) is 10.8 Å². The lowest BCUT2D eigenvalue weighted by Crippen LogP contribution is -2.35. The Balaban J connectivity index is 1.49. The fraction of sp³-hybridized carbons (Fsp3) is 0.273. The van der Waals surface area contributed by atoms with E-state index in [-0.39, 0.29) is 6.10 Å². The van der Waals surface area contributed by atoms with Crippen LogP contribution in [0, 0.1) is 0 Å². The molecule has 0 unspecified atom stereocenters. The van der Waals surface area contributed by atoms with Crippen LogP contribution >= 0.6 is 0 Å². The maximum Gasteiger partial charge on any atom is 0.120 e. The number of fused-ring (bicyclic) bond motifs is 1. The van der Waals surface area contributed by atoms with Crippen LogP contribution in [0.1, 0.15) is 18.4 Å². The van der Waals surface area contributed by atoms with Crippen LogP contribution in [0.4, 0.5) is 5.69 Å². The second-order valence-corrected chi connectivity index (χ2v) is 6.69. The van der Waals surface area contributed by atoms with E-state index in [0.29, 0.717) is 6.61 Å². The lowest BCUT2D eigenvalue weighted by molar-refractivity contribution is 0.145. The Bertz CT molecular complexity index is 839. The summed E-state index contributed by atoms with van der Waals surface area (Å²) in [7, 11) is 0. The number of anilines is 1. The van der Waals surface area contributed by atoms with Crippen molar-refractivity contribution in [3.63, 3.8) is 0 Å². The van der Waals surface area contributed by atoms with Gasteiger partial charge >= 0.3 is 0 Å². The molecule has 3 aromatic carbocycles. The molecule has 0 bridgehead atoms. The second kappa shape index (κ2) is 7.16. The number of ether oxygens (including phenoxy) is 1. The van der Waals surface area contributed by atoms with E-state index in [1.807, 2.05) is 24.3 Å². The standard InChI is InChI=1S/C22H23NO2/c24-21-10-12-23(13-11-21)20-8-6-19-15-22(9-7-18(19)14-20)25-16-17-4-2-1-3-5-17/h1-9,14-15,21,24H,10-13,16H2. The molecule has 25 heavy (non-hydrogen) atoms. The van der Waals surface area contributed by atoms with E-state index in [9.17, 15) is 5.11 Å². The van der Waals surface area contributed by atoms with Gasteiger partial charge in [0.25, 0.3) is 0 Å². The van der Waals surface area contributed by atoms with Gasteiger partial charge in [0.15, 0.2) is 0 Å². The van der Waals surface area contributed by atoms with Gasteiger partial charge in [-0.1, -0.05) is 42.5 Å². The highest BCUT2D eigenvalue weighted by atomic mass is 16.5. The molecule has 1 aliphatic heterocycles. The minimum Gasteiger partial charge on any atom is -0.489 e. The molecule has 128 valence electrons. The van der Waals surface area contributed by atoms with Gasteiger partial charge in [-0.3, -0.25) is 0 Å². The van der Waals surface area contributed by atoms with E-state index >= 15 is 0 Å². The molecule has 1 aliphatic rings. The molecule has 0 radical (unpaired) electrons. The Morgan fingerprint density at radius 2 is 1.60 bits per heavy atom. The van der Waals surface area contributed by atoms with Crippen LogP contribution in [-0.4, -0.2) is 24.3 Å². The molecule has 4 rings (SSSR count). The van der Waals surface area contributed by atoms with Gasteiger partial charge in [-0.2, -0.15) is 0 Å². The average molecular weight is 333 g/mol. The fourth-order valence-electron chi connectivity index (χ4n) is 3.36. The van der Waals surface area contributed by atoms with Crippen molar-refractivity contribution in [2.45, 2.75) is 25.6 Å². The minimum absolute atomic E-state index is 0.138. The van der Waals surface area contributed by atoms with Crippen molar-refractivity contribution in [2.24, 2.45) is 0 Å². The molecule has 1 saturated heterocycles. The highest BCUT2D eigenvalue weighted by Crippen LogP contribution is 2.27. The van der Waals surface area contributed by atoms with E-state index in [1.54, 1.807) is 0 Å². The molecule has 1 heterocycles. The Kier molecular flexibility index (Phi) is 4.57. The number of hydrogen-bond donors (Lipinski definition) is 1. The number of rotatable bonds is 4. The summed E-state index contributed by atoms with van der Waals surface area (Å²) in [5.74, 6) is 0.894. The first kappa shape index (κ1) is 16.0. The molecule has 1 fully saturated rings. The molecule has 0 atom stereocenters. The molecular weight excluding hydrogens is 310 g/mol. The summed E-state index contributed by atoms with van der Waals surface area (Å²) >= 11 is 0. The van der Waals surface area contributed by atoms with Crippen molar-refractivity contribution in [1.82, 2.24) is 0 Å². The van der Waals surface area contributed by atoms with Gasteiger partial charge in [0.1, 0.15) is 12.4 Å². The number of aliphatic hydroxyl groups is 1. The highest BCUT2D eigenvalue weighted by molar-refractivity contribution is 5.87. The van der Waals surface area contributed by atoms with Gasteiger partial charge in [0, 0.05) is 18.8 Å². The first-order valence-corrected chi connectivity index (χ1v) is 8.91. The third-order valence-electron chi connectivity index (χ3n) is 4.87. The van der Waals surface area contributed by atoms with E-state index in [4.69, 9.17) is 4.74 Å². The first-order valence-electron chi connectivity index (χ1n) is 8.91. The van der Waals surface area contributed by atoms with Gasteiger partial charge in [0.2, 0.25) is 0 Å². The fourth-order valence-corrected chi connectivity index (χ4v) is 3.36. The van der Waals surface area contributed by atoms with Gasteiger partial charge < -0.3 is 14.7 Å². The van der Waals surface area contributed by atoms with Crippen molar-refractivity contribution in [1.29, 1.82) is 0 Å². The van der Waals surface area contributed by atoms with E-state index < -0.39 is 0 Å². The summed E-state index contributed by atoms with van der Waals surface area (Å²) in [5.41, 5.74) is 2.41. The quantitative estimate of drug-likeness (QED) is 0.769. The molecule has 0 amide bonds. The third kappa shape index (κ3) is 3.77. The number of aliphatic hydroxyl groups excluding tert-OH is 1. The Hall–Kier alpha value is -2.52. The van der Waals surface area contributed by atoms with Gasteiger partial charge in [-0.15, -0.1) is 0 Å². The average Bonchev–Trinajstić information content (AvgIpc) is 2.67. The van der Waals surface area contributed by atoms with Crippen LogP contribution in [0.3, 0.4) is 0 Å². The van der Waals surface area contributed by atoms with Gasteiger partial charge in [-0.05, 0) is 53.4 Å². The van der Waals surface area contributed by atoms with Crippen molar-refractivity contribution >= 4 is 16.5 Å². The smallest absolute Gasteiger partial charge is 0.120 e. The predicted molar refractivity (Wildman–Crippen MR) is 102 cm³/mol. The minimum atomic E-state index is -0.138. The van der Waals surface area contributed by atoms with Gasteiger partial charge in [0.05, 0.1) is 6.10 Å². The van der Waals surface area contributed by atoms with Crippen molar-refractivity contribution in [3.8, 4) is 5.75 Å². The van der Waals surface area contributed by atoms with E-state index in [2.05, 4.69) is 47.4 Å².